The molecule has 0 aliphatic heterocycles. The standard InChI is InChI=1S/C15H15BrN2O5S2/c16-13-4-3-11(25(17,21)22)8-12(13)15(20)23-9-14(19)18-6-5-10-2-1-7-24-10/h1-4,7-8H,5-6,9H2,(H,18,19)(H2,17,21,22). The Morgan fingerprint density at radius 1 is 1.28 bits per heavy atom. The van der Waals surface area contributed by atoms with Gasteiger partial charge in [-0.1, -0.05) is 6.07 Å². The van der Waals surface area contributed by atoms with E-state index in [1.165, 1.54) is 12.1 Å². The highest BCUT2D eigenvalue weighted by molar-refractivity contribution is 9.10. The van der Waals surface area contributed by atoms with Crippen LogP contribution in [0.1, 0.15) is 15.2 Å². The summed E-state index contributed by atoms with van der Waals surface area (Å²) in [5.74, 6) is -1.27. The Labute approximate surface area is 157 Å². The highest BCUT2D eigenvalue weighted by atomic mass is 79.9. The zero-order valence-corrected chi connectivity index (χ0v) is 16.1. The molecule has 2 aromatic rings. The predicted octanol–water partition coefficient (Wildman–Crippen LogP) is 1.67. The van der Waals surface area contributed by atoms with Crippen molar-refractivity contribution in [2.24, 2.45) is 5.14 Å². The Morgan fingerprint density at radius 2 is 2.04 bits per heavy atom. The summed E-state index contributed by atoms with van der Waals surface area (Å²) >= 11 is 4.73. The summed E-state index contributed by atoms with van der Waals surface area (Å²) in [6.07, 6.45) is 0.694. The van der Waals surface area contributed by atoms with E-state index in [2.05, 4.69) is 21.2 Å². The quantitative estimate of drug-likeness (QED) is 0.627. The molecule has 1 aromatic heterocycles. The number of rotatable bonds is 7. The molecule has 0 aliphatic carbocycles. The summed E-state index contributed by atoms with van der Waals surface area (Å²) in [7, 11) is -3.95. The number of sulfonamides is 1. The van der Waals surface area contributed by atoms with Gasteiger partial charge in [-0.3, -0.25) is 4.79 Å². The summed E-state index contributed by atoms with van der Waals surface area (Å²) < 4.78 is 27.9. The number of primary sulfonamides is 1. The minimum Gasteiger partial charge on any atom is -0.452 e. The van der Waals surface area contributed by atoms with Crippen LogP contribution in [0.3, 0.4) is 0 Å². The maximum atomic E-state index is 12.0. The third-order valence-corrected chi connectivity index (χ3v) is 5.63. The average molecular weight is 447 g/mol. The van der Waals surface area contributed by atoms with Crippen LogP contribution in [0.4, 0.5) is 0 Å². The average Bonchev–Trinajstić information content (AvgIpc) is 3.05. The molecule has 134 valence electrons. The van der Waals surface area contributed by atoms with E-state index in [0.717, 1.165) is 10.9 Å². The summed E-state index contributed by atoms with van der Waals surface area (Å²) in [6.45, 7) is -0.0309. The lowest BCUT2D eigenvalue weighted by Crippen LogP contribution is -2.30. The Hall–Kier alpha value is -1.75. The van der Waals surface area contributed by atoms with Crippen LogP contribution in [0, 0.1) is 0 Å². The molecule has 0 unspecified atom stereocenters. The fraction of sp³-hybridized carbons (Fsp3) is 0.200. The highest BCUT2D eigenvalue weighted by Crippen LogP contribution is 2.21. The van der Waals surface area contributed by atoms with E-state index in [4.69, 9.17) is 9.88 Å². The minimum atomic E-state index is -3.95. The molecule has 1 amide bonds. The number of thiophene rings is 1. The topological polar surface area (TPSA) is 116 Å². The van der Waals surface area contributed by atoms with E-state index in [0.29, 0.717) is 17.4 Å². The van der Waals surface area contributed by atoms with Gasteiger partial charge in [0, 0.05) is 15.9 Å². The fourth-order valence-corrected chi connectivity index (χ4v) is 3.53. The molecule has 0 aliphatic rings. The number of esters is 1. The lowest BCUT2D eigenvalue weighted by Gasteiger charge is -2.08. The molecule has 3 N–H and O–H groups in total. The molecule has 0 atom stereocenters. The zero-order chi connectivity index (χ0) is 18.4. The van der Waals surface area contributed by atoms with Crippen LogP contribution in [0.15, 0.2) is 45.1 Å². The normalized spacial score (nSPS) is 11.1. The second-order valence-electron chi connectivity index (χ2n) is 4.94. The molecule has 0 bridgehead atoms. The number of halogens is 1. The van der Waals surface area contributed by atoms with Gasteiger partial charge in [0.15, 0.2) is 6.61 Å². The first-order valence-electron chi connectivity index (χ1n) is 7.06. The van der Waals surface area contributed by atoms with Crippen LogP contribution in [0.2, 0.25) is 0 Å². The molecule has 0 spiro atoms. The SMILES string of the molecule is NS(=O)(=O)c1ccc(Br)c(C(=O)OCC(=O)NCCc2cccs2)c1. The summed E-state index contributed by atoms with van der Waals surface area (Å²) in [6, 6.07) is 7.62. The third-order valence-electron chi connectivity index (χ3n) is 3.09. The Balaban J connectivity index is 1.88. The zero-order valence-electron chi connectivity index (χ0n) is 12.9. The molecule has 1 heterocycles. The van der Waals surface area contributed by atoms with Crippen molar-refractivity contribution in [1.82, 2.24) is 5.32 Å². The van der Waals surface area contributed by atoms with Crippen LogP contribution in [0.25, 0.3) is 0 Å². The number of carbonyl (C=O) groups is 2. The van der Waals surface area contributed by atoms with Crippen molar-refractivity contribution in [1.29, 1.82) is 0 Å². The molecule has 0 radical (unpaired) electrons. The van der Waals surface area contributed by atoms with Crippen molar-refractivity contribution in [2.75, 3.05) is 13.2 Å². The van der Waals surface area contributed by atoms with Gasteiger partial charge >= 0.3 is 5.97 Å². The molecule has 2 rings (SSSR count). The van der Waals surface area contributed by atoms with E-state index in [1.807, 2.05) is 17.5 Å². The summed E-state index contributed by atoms with van der Waals surface area (Å²) in [4.78, 5) is 24.7. The molecule has 0 saturated carbocycles. The first-order valence-corrected chi connectivity index (χ1v) is 10.3. The molecule has 0 fully saturated rings. The molecular formula is C15H15BrN2O5S2. The molecule has 7 nitrogen and oxygen atoms in total. The Bertz CT molecular complexity index is 866. The first kappa shape index (κ1) is 19.6. The molecule has 10 heteroatoms. The van der Waals surface area contributed by atoms with E-state index < -0.39 is 28.5 Å². The Kier molecular flexibility index (Phi) is 6.71. The van der Waals surface area contributed by atoms with Crippen molar-refractivity contribution in [3.05, 3.63) is 50.6 Å². The van der Waals surface area contributed by atoms with Gasteiger partial charge < -0.3 is 10.1 Å². The largest absolute Gasteiger partial charge is 0.452 e. The number of carbonyl (C=O) groups excluding carboxylic acids is 2. The number of benzene rings is 1. The van der Waals surface area contributed by atoms with Crippen LogP contribution < -0.4 is 10.5 Å². The number of hydrogen-bond donors (Lipinski definition) is 2. The fourth-order valence-electron chi connectivity index (χ4n) is 1.88. The van der Waals surface area contributed by atoms with Crippen molar-refractivity contribution in [2.45, 2.75) is 11.3 Å². The molecule has 1 aromatic carbocycles. The van der Waals surface area contributed by atoms with E-state index in [-0.39, 0.29) is 10.5 Å². The molecule has 25 heavy (non-hydrogen) atoms. The summed E-state index contributed by atoms with van der Waals surface area (Å²) in [5.41, 5.74) is -0.0297. The third kappa shape index (κ3) is 5.92. The number of ether oxygens (including phenoxy) is 1. The van der Waals surface area contributed by atoms with Gasteiger partial charge in [-0.2, -0.15) is 0 Å². The van der Waals surface area contributed by atoms with Crippen molar-refractivity contribution < 1.29 is 22.7 Å². The lowest BCUT2D eigenvalue weighted by molar-refractivity contribution is -0.124. The molecule has 0 saturated heterocycles. The van der Waals surface area contributed by atoms with Gasteiger partial charge in [-0.05, 0) is 52.0 Å². The lowest BCUT2D eigenvalue weighted by atomic mass is 10.2. The van der Waals surface area contributed by atoms with E-state index in [1.54, 1.807) is 11.3 Å². The Morgan fingerprint density at radius 3 is 2.68 bits per heavy atom. The minimum absolute atomic E-state index is 0.0297. The van der Waals surface area contributed by atoms with Gasteiger partial charge in [0.2, 0.25) is 10.0 Å². The van der Waals surface area contributed by atoms with Gasteiger partial charge in [-0.25, -0.2) is 18.4 Å². The number of amides is 1. The van der Waals surface area contributed by atoms with Crippen molar-refractivity contribution in [3.63, 3.8) is 0 Å². The van der Waals surface area contributed by atoms with Gasteiger partial charge in [0.1, 0.15) is 0 Å². The van der Waals surface area contributed by atoms with Crippen LogP contribution in [-0.2, 0) is 26.0 Å². The predicted molar refractivity (Wildman–Crippen MR) is 96.8 cm³/mol. The van der Waals surface area contributed by atoms with Crippen molar-refractivity contribution in [3.8, 4) is 0 Å². The van der Waals surface area contributed by atoms with Crippen LogP contribution in [0.5, 0.6) is 0 Å². The highest BCUT2D eigenvalue weighted by Gasteiger charge is 2.17. The van der Waals surface area contributed by atoms with E-state index >= 15 is 0 Å². The van der Waals surface area contributed by atoms with Crippen LogP contribution in [-0.4, -0.2) is 33.4 Å². The maximum absolute atomic E-state index is 12.0. The van der Waals surface area contributed by atoms with Gasteiger partial charge in [0.25, 0.3) is 5.91 Å². The van der Waals surface area contributed by atoms with Crippen LogP contribution >= 0.6 is 27.3 Å². The van der Waals surface area contributed by atoms with E-state index in [9.17, 15) is 18.0 Å². The smallest absolute Gasteiger partial charge is 0.339 e. The number of hydrogen-bond acceptors (Lipinski definition) is 6. The second kappa shape index (κ2) is 8.56. The van der Waals surface area contributed by atoms with Crippen molar-refractivity contribution >= 4 is 49.2 Å². The van der Waals surface area contributed by atoms with Gasteiger partial charge in [-0.15, -0.1) is 11.3 Å². The maximum Gasteiger partial charge on any atom is 0.339 e. The van der Waals surface area contributed by atoms with Gasteiger partial charge in [0.05, 0.1) is 10.5 Å². The number of nitrogens with one attached hydrogen (secondary N) is 1. The molecular weight excluding hydrogens is 432 g/mol. The second-order valence-corrected chi connectivity index (χ2v) is 8.39. The summed E-state index contributed by atoms with van der Waals surface area (Å²) in [5, 5.41) is 9.63. The first-order chi connectivity index (χ1) is 11.8. The monoisotopic (exact) mass is 446 g/mol. The number of nitrogens with two attached hydrogens (primary N) is 1.